The van der Waals surface area contributed by atoms with Crippen LogP contribution in [0.3, 0.4) is 0 Å². The molecule has 1 aliphatic carbocycles. The molecule has 26 heavy (non-hydrogen) atoms. The van der Waals surface area contributed by atoms with Crippen LogP contribution < -0.4 is 10.6 Å². The first-order chi connectivity index (χ1) is 12.7. The van der Waals surface area contributed by atoms with E-state index in [0.29, 0.717) is 12.0 Å². The Morgan fingerprint density at radius 1 is 1.42 bits per heavy atom. The summed E-state index contributed by atoms with van der Waals surface area (Å²) in [6.07, 6.45) is 7.05. The summed E-state index contributed by atoms with van der Waals surface area (Å²) in [4.78, 5) is 13.7. The maximum atomic E-state index is 12.4. The van der Waals surface area contributed by atoms with E-state index in [-0.39, 0.29) is 5.91 Å². The number of ether oxygens (including phenoxy) is 1. The van der Waals surface area contributed by atoms with E-state index in [1.165, 1.54) is 24.1 Å². The molecule has 1 aliphatic heterocycles. The van der Waals surface area contributed by atoms with Crippen LogP contribution in [0.1, 0.15) is 47.3 Å². The zero-order valence-corrected chi connectivity index (χ0v) is 15.9. The molecule has 6 nitrogen and oxygen atoms in total. The molecular weight excluding hydrogens is 348 g/mol. The SMILES string of the molecule is CCn1cc(NC(=O)c2csc([C@@H]3CC3NCC3CCOCC3)c2)cn1. The molecule has 1 saturated heterocycles. The lowest BCUT2D eigenvalue weighted by Crippen LogP contribution is -2.29. The second kappa shape index (κ2) is 7.90. The van der Waals surface area contributed by atoms with Crippen LogP contribution >= 0.6 is 11.3 Å². The van der Waals surface area contributed by atoms with Crippen LogP contribution in [0, 0.1) is 5.92 Å². The minimum absolute atomic E-state index is 0.0597. The number of amides is 1. The van der Waals surface area contributed by atoms with Crippen molar-refractivity contribution in [3.8, 4) is 0 Å². The average molecular weight is 375 g/mol. The van der Waals surface area contributed by atoms with Crippen molar-refractivity contribution >= 4 is 22.9 Å². The van der Waals surface area contributed by atoms with Gasteiger partial charge in [-0.05, 0) is 44.7 Å². The van der Waals surface area contributed by atoms with Crippen LogP contribution in [-0.2, 0) is 11.3 Å². The number of hydrogen-bond acceptors (Lipinski definition) is 5. The van der Waals surface area contributed by atoms with Gasteiger partial charge in [-0.15, -0.1) is 11.3 Å². The normalized spacial score (nSPS) is 23.1. The standard InChI is InChI=1S/C19H26N4O2S/c1-2-23-11-15(10-21-23)22-19(24)14-7-18(26-12-14)16-8-17(16)20-9-13-3-5-25-6-4-13/h7,10-13,16-17,20H,2-6,8-9H2,1H3,(H,22,24)/t16-,17?/m1/s1. The number of carbonyl (C=O) groups excluding carboxylic acids is 1. The highest BCUT2D eigenvalue weighted by atomic mass is 32.1. The van der Waals surface area contributed by atoms with Crippen LogP contribution in [0.15, 0.2) is 23.8 Å². The number of carbonyl (C=O) groups is 1. The first-order valence-electron chi connectivity index (χ1n) is 9.46. The number of aryl methyl sites for hydroxylation is 1. The molecule has 1 amide bonds. The van der Waals surface area contributed by atoms with Crippen LogP contribution in [0.2, 0.25) is 0 Å². The molecule has 2 fully saturated rings. The van der Waals surface area contributed by atoms with E-state index >= 15 is 0 Å². The average Bonchev–Trinajstić information content (AvgIpc) is 3.07. The van der Waals surface area contributed by atoms with E-state index in [1.54, 1.807) is 22.2 Å². The Morgan fingerprint density at radius 3 is 3.04 bits per heavy atom. The largest absolute Gasteiger partial charge is 0.381 e. The first kappa shape index (κ1) is 17.7. The first-order valence-corrected chi connectivity index (χ1v) is 10.3. The highest BCUT2D eigenvalue weighted by Gasteiger charge is 2.39. The molecule has 2 aliphatic rings. The van der Waals surface area contributed by atoms with Crippen LogP contribution in [0.4, 0.5) is 5.69 Å². The third kappa shape index (κ3) is 4.16. The van der Waals surface area contributed by atoms with Crippen molar-refractivity contribution in [2.24, 2.45) is 5.92 Å². The number of nitrogens with one attached hydrogen (secondary N) is 2. The number of rotatable bonds is 7. The second-order valence-corrected chi connectivity index (χ2v) is 8.13. The lowest BCUT2D eigenvalue weighted by atomic mass is 10.0. The lowest BCUT2D eigenvalue weighted by molar-refractivity contribution is 0.0662. The Morgan fingerprint density at radius 2 is 2.27 bits per heavy atom. The van der Waals surface area contributed by atoms with Crippen molar-refractivity contribution in [3.63, 3.8) is 0 Å². The van der Waals surface area contributed by atoms with Gasteiger partial charge in [-0.2, -0.15) is 5.10 Å². The van der Waals surface area contributed by atoms with E-state index in [4.69, 9.17) is 4.74 Å². The van der Waals surface area contributed by atoms with E-state index in [9.17, 15) is 4.79 Å². The van der Waals surface area contributed by atoms with Gasteiger partial charge in [-0.1, -0.05) is 0 Å². The molecule has 4 rings (SSSR count). The van der Waals surface area contributed by atoms with Crippen molar-refractivity contribution in [2.75, 3.05) is 25.1 Å². The summed E-state index contributed by atoms with van der Waals surface area (Å²) in [5.74, 6) is 1.25. The molecule has 1 saturated carbocycles. The number of thiophene rings is 1. The fourth-order valence-corrected chi connectivity index (χ4v) is 4.54. The molecule has 0 bridgehead atoms. The molecule has 2 aromatic rings. The van der Waals surface area contributed by atoms with Crippen molar-refractivity contribution in [3.05, 3.63) is 34.3 Å². The van der Waals surface area contributed by atoms with Crippen LogP contribution in [-0.4, -0.2) is 41.5 Å². The van der Waals surface area contributed by atoms with Gasteiger partial charge in [0.2, 0.25) is 0 Å². The maximum absolute atomic E-state index is 12.4. The Bertz CT molecular complexity index is 750. The van der Waals surface area contributed by atoms with E-state index in [2.05, 4.69) is 15.7 Å². The number of nitrogens with zero attached hydrogens (tertiary/aromatic N) is 2. The third-order valence-corrected chi connectivity index (χ3v) is 6.33. The summed E-state index contributed by atoms with van der Waals surface area (Å²) >= 11 is 1.69. The maximum Gasteiger partial charge on any atom is 0.256 e. The van der Waals surface area contributed by atoms with Gasteiger partial charge in [0.1, 0.15) is 0 Å². The summed E-state index contributed by atoms with van der Waals surface area (Å²) in [5.41, 5.74) is 1.48. The Labute approximate surface area is 157 Å². The molecular formula is C19H26N4O2S. The van der Waals surface area contributed by atoms with E-state index in [1.807, 2.05) is 24.6 Å². The fourth-order valence-electron chi connectivity index (χ4n) is 3.47. The Hall–Kier alpha value is -1.70. The van der Waals surface area contributed by atoms with Gasteiger partial charge in [0.15, 0.2) is 0 Å². The summed E-state index contributed by atoms with van der Waals surface area (Å²) in [7, 11) is 0. The predicted molar refractivity (Wildman–Crippen MR) is 103 cm³/mol. The molecule has 2 N–H and O–H groups in total. The van der Waals surface area contributed by atoms with Gasteiger partial charge in [-0.25, -0.2) is 0 Å². The fraction of sp³-hybridized carbons (Fsp3) is 0.579. The third-order valence-electron chi connectivity index (χ3n) is 5.26. The van der Waals surface area contributed by atoms with Crippen molar-refractivity contribution < 1.29 is 9.53 Å². The molecule has 1 unspecified atom stereocenters. The minimum Gasteiger partial charge on any atom is -0.381 e. The zero-order chi connectivity index (χ0) is 17.9. The molecule has 0 aromatic carbocycles. The summed E-state index contributed by atoms with van der Waals surface area (Å²) in [6.45, 7) is 5.71. The van der Waals surface area contributed by atoms with Crippen molar-refractivity contribution in [1.29, 1.82) is 0 Å². The molecule has 0 spiro atoms. The van der Waals surface area contributed by atoms with Gasteiger partial charge in [0.05, 0.1) is 17.4 Å². The summed E-state index contributed by atoms with van der Waals surface area (Å²) in [5, 5.41) is 12.8. The lowest BCUT2D eigenvalue weighted by Gasteiger charge is -2.22. The number of anilines is 1. The van der Waals surface area contributed by atoms with Gasteiger partial charge in [0, 0.05) is 48.2 Å². The Balaban J connectivity index is 1.27. The summed E-state index contributed by atoms with van der Waals surface area (Å²) in [6, 6.07) is 2.61. The molecule has 3 heterocycles. The monoisotopic (exact) mass is 374 g/mol. The molecule has 140 valence electrons. The van der Waals surface area contributed by atoms with Crippen molar-refractivity contribution in [2.45, 2.75) is 44.7 Å². The van der Waals surface area contributed by atoms with Crippen molar-refractivity contribution in [1.82, 2.24) is 15.1 Å². The van der Waals surface area contributed by atoms with Gasteiger partial charge in [-0.3, -0.25) is 9.48 Å². The summed E-state index contributed by atoms with van der Waals surface area (Å²) < 4.78 is 7.22. The van der Waals surface area contributed by atoms with Crippen LogP contribution in [0.5, 0.6) is 0 Å². The topological polar surface area (TPSA) is 68.2 Å². The number of hydrogen-bond donors (Lipinski definition) is 2. The highest BCUT2D eigenvalue weighted by molar-refractivity contribution is 7.10. The zero-order valence-electron chi connectivity index (χ0n) is 15.1. The van der Waals surface area contributed by atoms with Gasteiger partial charge < -0.3 is 15.4 Å². The molecule has 7 heteroatoms. The molecule has 2 atom stereocenters. The smallest absolute Gasteiger partial charge is 0.256 e. The predicted octanol–water partition coefficient (Wildman–Crippen LogP) is 3.09. The van der Waals surface area contributed by atoms with E-state index < -0.39 is 0 Å². The quantitative estimate of drug-likeness (QED) is 0.781. The Kier molecular flexibility index (Phi) is 5.38. The highest BCUT2D eigenvalue weighted by Crippen LogP contribution is 2.43. The van der Waals surface area contributed by atoms with E-state index in [0.717, 1.165) is 43.5 Å². The van der Waals surface area contributed by atoms with Crippen LogP contribution in [0.25, 0.3) is 0 Å². The van der Waals surface area contributed by atoms with Gasteiger partial charge >= 0.3 is 0 Å². The molecule has 0 radical (unpaired) electrons. The second-order valence-electron chi connectivity index (χ2n) is 7.19. The minimum atomic E-state index is -0.0597. The number of aromatic nitrogens is 2. The van der Waals surface area contributed by atoms with Gasteiger partial charge in [0.25, 0.3) is 5.91 Å². The molecule has 2 aromatic heterocycles.